The molecule has 3 N–H and O–H groups in total. The van der Waals surface area contributed by atoms with E-state index in [0.717, 1.165) is 0 Å². The van der Waals surface area contributed by atoms with E-state index in [-0.39, 0.29) is 12.1 Å². The predicted molar refractivity (Wildman–Crippen MR) is 87.0 cm³/mol. The predicted octanol–water partition coefficient (Wildman–Crippen LogP) is 3.25. The Hall–Kier alpha value is -0.940. The number of ether oxygens (including phenoxy) is 2. The van der Waals surface area contributed by atoms with Crippen molar-refractivity contribution in [2.75, 3.05) is 13.2 Å². The molecule has 1 aliphatic rings. The van der Waals surface area contributed by atoms with Crippen LogP contribution in [0.15, 0.2) is 30.3 Å². The van der Waals surface area contributed by atoms with Crippen molar-refractivity contribution in [2.45, 2.75) is 59.0 Å². The fourth-order valence-corrected chi connectivity index (χ4v) is 1.62. The third-order valence-electron chi connectivity index (χ3n) is 2.85. The normalized spacial score (nSPS) is 21.8. The molecule has 1 aromatic carbocycles. The molecule has 4 heteroatoms. The molecule has 1 saturated heterocycles. The Morgan fingerprint density at radius 3 is 2.24 bits per heavy atom. The van der Waals surface area contributed by atoms with Crippen LogP contribution in [0.4, 0.5) is 0 Å². The standard InChI is InChI=1S/C8H11N.C7H14O3.C2H6/c1-7(9)8-5-3-2-4-6-8;1-7(2)9-4-3-6(8)5-10-7;1-2/h2-7H,9H2,1H3;6,8H,3-5H2,1-2H3;1-2H3. The van der Waals surface area contributed by atoms with Crippen LogP contribution in [0.1, 0.15) is 52.6 Å². The summed E-state index contributed by atoms with van der Waals surface area (Å²) >= 11 is 0. The number of benzene rings is 1. The summed E-state index contributed by atoms with van der Waals surface area (Å²) in [6, 6.07) is 10.2. The maximum absolute atomic E-state index is 9.12. The van der Waals surface area contributed by atoms with Gasteiger partial charge in [-0.25, -0.2) is 0 Å². The van der Waals surface area contributed by atoms with Crippen LogP contribution >= 0.6 is 0 Å². The Morgan fingerprint density at radius 2 is 1.76 bits per heavy atom. The van der Waals surface area contributed by atoms with Crippen molar-refractivity contribution in [3.63, 3.8) is 0 Å². The Bertz CT molecular complexity index is 352. The average molecular weight is 297 g/mol. The van der Waals surface area contributed by atoms with Gasteiger partial charge in [0.2, 0.25) is 0 Å². The van der Waals surface area contributed by atoms with Crippen molar-refractivity contribution in [3.05, 3.63) is 35.9 Å². The lowest BCUT2D eigenvalue weighted by atomic mass is 10.1. The van der Waals surface area contributed by atoms with Crippen molar-refractivity contribution in [3.8, 4) is 0 Å². The second kappa shape index (κ2) is 10.7. The Labute approximate surface area is 129 Å². The summed E-state index contributed by atoms with van der Waals surface area (Å²) in [7, 11) is 0. The van der Waals surface area contributed by atoms with Crippen LogP contribution in [-0.4, -0.2) is 30.2 Å². The summed E-state index contributed by atoms with van der Waals surface area (Å²) in [6.45, 7) is 10.6. The molecule has 2 rings (SSSR count). The Morgan fingerprint density at radius 1 is 1.19 bits per heavy atom. The van der Waals surface area contributed by atoms with Crippen molar-refractivity contribution in [2.24, 2.45) is 5.73 Å². The molecule has 0 radical (unpaired) electrons. The quantitative estimate of drug-likeness (QED) is 0.835. The van der Waals surface area contributed by atoms with Crippen molar-refractivity contribution >= 4 is 0 Å². The molecule has 0 aliphatic carbocycles. The first-order valence-electron chi connectivity index (χ1n) is 7.67. The maximum Gasteiger partial charge on any atom is 0.162 e. The minimum Gasteiger partial charge on any atom is -0.391 e. The molecular formula is C17H31NO3. The summed E-state index contributed by atoms with van der Waals surface area (Å²) in [5, 5.41) is 9.12. The van der Waals surface area contributed by atoms with E-state index in [1.54, 1.807) is 0 Å². The van der Waals surface area contributed by atoms with Gasteiger partial charge in [-0.05, 0) is 32.8 Å². The lowest BCUT2D eigenvalue weighted by Gasteiger charge is -2.22. The summed E-state index contributed by atoms with van der Waals surface area (Å²) < 4.78 is 10.5. The molecule has 1 heterocycles. The Kier molecular flexibility index (Phi) is 10.3. The SMILES string of the molecule is CC.CC(N)c1ccccc1.CC1(C)OCCC(O)CO1. The van der Waals surface area contributed by atoms with E-state index in [0.29, 0.717) is 19.6 Å². The van der Waals surface area contributed by atoms with Crippen molar-refractivity contribution in [1.29, 1.82) is 0 Å². The number of aliphatic hydroxyl groups is 1. The highest BCUT2D eigenvalue weighted by molar-refractivity contribution is 5.17. The van der Waals surface area contributed by atoms with Gasteiger partial charge in [0, 0.05) is 6.04 Å². The van der Waals surface area contributed by atoms with Crippen LogP contribution in [0.25, 0.3) is 0 Å². The first-order valence-corrected chi connectivity index (χ1v) is 7.67. The molecule has 1 fully saturated rings. The van der Waals surface area contributed by atoms with Crippen molar-refractivity contribution < 1.29 is 14.6 Å². The van der Waals surface area contributed by atoms with Crippen LogP contribution in [0, 0.1) is 0 Å². The van der Waals surface area contributed by atoms with Crippen LogP contribution in [0.2, 0.25) is 0 Å². The van der Waals surface area contributed by atoms with Gasteiger partial charge in [0.1, 0.15) is 0 Å². The zero-order valence-electron chi connectivity index (χ0n) is 14.0. The van der Waals surface area contributed by atoms with Gasteiger partial charge in [-0.2, -0.15) is 0 Å². The topological polar surface area (TPSA) is 64.7 Å². The molecule has 0 bridgehead atoms. The fourth-order valence-electron chi connectivity index (χ4n) is 1.62. The summed E-state index contributed by atoms with van der Waals surface area (Å²) in [6.07, 6.45) is 0.311. The zero-order valence-corrected chi connectivity index (χ0v) is 14.0. The highest BCUT2D eigenvalue weighted by Crippen LogP contribution is 2.16. The lowest BCUT2D eigenvalue weighted by Crippen LogP contribution is -2.27. The van der Waals surface area contributed by atoms with E-state index in [2.05, 4.69) is 0 Å². The highest BCUT2D eigenvalue weighted by atomic mass is 16.7. The van der Waals surface area contributed by atoms with Gasteiger partial charge >= 0.3 is 0 Å². The van der Waals surface area contributed by atoms with E-state index in [9.17, 15) is 0 Å². The molecule has 2 unspecified atom stereocenters. The molecule has 4 nitrogen and oxygen atoms in total. The maximum atomic E-state index is 9.12. The largest absolute Gasteiger partial charge is 0.391 e. The number of hydrogen-bond donors (Lipinski definition) is 2. The van der Waals surface area contributed by atoms with E-state index in [4.69, 9.17) is 20.3 Å². The van der Waals surface area contributed by atoms with Crippen LogP contribution in [-0.2, 0) is 9.47 Å². The van der Waals surface area contributed by atoms with Crippen LogP contribution in [0.5, 0.6) is 0 Å². The Balaban J connectivity index is 0.000000342. The number of nitrogens with two attached hydrogens (primary N) is 1. The molecular weight excluding hydrogens is 266 g/mol. The van der Waals surface area contributed by atoms with E-state index in [1.807, 2.05) is 65.0 Å². The average Bonchev–Trinajstić information content (AvgIpc) is 2.64. The monoisotopic (exact) mass is 297 g/mol. The molecule has 0 spiro atoms. The molecule has 0 saturated carbocycles. The molecule has 122 valence electrons. The van der Waals surface area contributed by atoms with Gasteiger partial charge < -0.3 is 20.3 Å². The lowest BCUT2D eigenvalue weighted by molar-refractivity contribution is -0.203. The van der Waals surface area contributed by atoms with E-state index in [1.165, 1.54) is 5.56 Å². The second-order valence-electron chi connectivity index (χ2n) is 5.20. The minimum atomic E-state index is -0.516. The smallest absolute Gasteiger partial charge is 0.162 e. The first-order chi connectivity index (χ1) is 9.91. The van der Waals surface area contributed by atoms with Gasteiger partial charge in [0.05, 0.1) is 19.3 Å². The zero-order chi connectivity index (χ0) is 16.3. The molecule has 0 aromatic heterocycles. The number of hydrogen-bond acceptors (Lipinski definition) is 4. The summed E-state index contributed by atoms with van der Waals surface area (Å²) in [5.41, 5.74) is 6.81. The van der Waals surface area contributed by atoms with Crippen LogP contribution < -0.4 is 5.73 Å². The van der Waals surface area contributed by atoms with Gasteiger partial charge in [-0.3, -0.25) is 0 Å². The molecule has 2 atom stereocenters. The fraction of sp³-hybridized carbons (Fsp3) is 0.647. The van der Waals surface area contributed by atoms with Crippen LogP contribution in [0.3, 0.4) is 0 Å². The van der Waals surface area contributed by atoms with Crippen molar-refractivity contribution in [1.82, 2.24) is 0 Å². The molecule has 1 aromatic rings. The molecule has 0 amide bonds. The third-order valence-corrected chi connectivity index (χ3v) is 2.85. The van der Waals surface area contributed by atoms with Gasteiger partial charge in [0.25, 0.3) is 0 Å². The number of aliphatic hydroxyl groups excluding tert-OH is 1. The summed E-state index contributed by atoms with van der Waals surface area (Å²) in [5.74, 6) is -0.516. The third kappa shape index (κ3) is 9.58. The van der Waals surface area contributed by atoms with Gasteiger partial charge in [0.15, 0.2) is 5.79 Å². The first kappa shape index (κ1) is 20.1. The highest BCUT2D eigenvalue weighted by Gasteiger charge is 2.24. The molecule has 21 heavy (non-hydrogen) atoms. The minimum absolute atomic E-state index is 0.159. The molecule has 1 aliphatic heterocycles. The summed E-state index contributed by atoms with van der Waals surface area (Å²) in [4.78, 5) is 0. The van der Waals surface area contributed by atoms with Gasteiger partial charge in [-0.15, -0.1) is 0 Å². The van der Waals surface area contributed by atoms with E-state index < -0.39 is 5.79 Å². The second-order valence-corrected chi connectivity index (χ2v) is 5.20. The van der Waals surface area contributed by atoms with Gasteiger partial charge in [-0.1, -0.05) is 44.2 Å². The number of rotatable bonds is 1. The van der Waals surface area contributed by atoms with E-state index >= 15 is 0 Å².